The van der Waals surface area contributed by atoms with Gasteiger partial charge >= 0.3 is 0 Å². The Morgan fingerprint density at radius 2 is 2.13 bits per heavy atom. The predicted molar refractivity (Wildman–Crippen MR) is 53.3 cm³/mol. The van der Waals surface area contributed by atoms with E-state index in [0.717, 1.165) is 5.56 Å². The van der Waals surface area contributed by atoms with Gasteiger partial charge in [0.15, 0.2) is 0 Å². The molecule has 0 saturated carbocycles. The fraction of sp³-hybridized carbons (Fsp3) is 0.400. The zero-order valence-corrected chi connectivity index (χ0v) is 9.11. The Morgan fingerprint density at radius 1 is 1.40 bits per heavy atom. The van der Waals surface area contributed by atoms with Crippen LogP contribution in [0.15, 0.2) is 24.3 Å². The van der Waals surface area contributed by atoms with Crippen molar-refractivity contribution in [3.05, 3.63) is 35.6 Å². The summed E-state index contributed by atoms with van der Waals surface area (Å²) in [6.45, 7) is 0. The van der Waals surface area contributed by atoms with E-state index in [1.54, 1.807) is 12.1 Å². The van der Waals surface area contributed by atoms with Crippen LogP contribution in [-0.4, -0.2) is 26.7 Å². The van der Waals surface area contributed by atoms with E-state index in [4.69, 9.17) is 10.2 Å². The lowest BCUT2D eigenvalue weighted by Crippen LogP contribution is -2.30. The second-order valence-electron chi connectivity index (χ2n) is 3.33. The van der Waals surface area contributed by atoms with Crippen molar-refractivity contribution >= 4 is 10.5 Å². The minimum absolute atomic E-state index is 0.0486. The molecule has 0 spiro atoms. The highest BCUT2D eigenvalue weighted by atomic mass is 28.2. The zero-order valence-electron chi connectivity index (χ0n) is 8.11. The molecule has 0 saturated heterocycles. The van der Waals surface area contributed by atoms with E-state index >= 15 is 0 Å². The van der Waals surface area contributed by atoms with Gasteiger partial charge in [-0.05, 0) is 30.5 Å². The lowest BCUT2D eigenvalue weighted by molar-refractivity contribution is -0.295. The highest BCUT2D eigenvalue weighted by Crippen LogP contribution is 2.13. The molecule has 0 aliphatic carbocycles. The third-order valence-corrected chi connectivity index (χ3v) is 2.35. The van der Waals surface area contributed by atoms with E-state index in [0.29, 0.717) is 12.8 Å². The third kappa shape index (κ3) is 4.52. The molecule has 0 heterocycles. The Balaban J connectivity index is 2.38. The molecule has 0 aliphatic rings. The van der Waals surface area contributed by atoms with Crippen molar-refractivity contribution < 1.29 is 19.0 Å². The van der Waals surface area contributed by atoms with E-state index < -0.39 is 5.97 Å². The number of aliphatic hydroxyl groups is 2. The highest BCUT2D eigenvalue weighted by molar-refractivity contribution is 5.98. The maximum absolute atomic E-state index is 12.8. The van der Waals surface area contributed by atoms with Crippen LogP contribution in [0.5, 0.6) is 0 Å². The van der Waals surface area contributed by atoms with Crippen molar-refractivity contribution in [1.29, 1.82) is 0 Å². The molecule has 81 valence electrons. The maximum Gasteiger partial charge on any atom is 0.267 e. The fourth-order valence-corrected chi connectivity index (χ4v) is 1.37. The molecule has 5 heteroatoms. The lowest BCUT2D eigenvalue weighted by Gasteiger charge is -2.19. The van der Waals surface area contributed by atoms with Crippen LogP contribution >= 0.6 is 0 Å². The molecule has 0 fully saturated rings. The normalized spacial score (nSPS) is 11.7. The predicted octanol–water partition coefficient (Wildman–Crippen LogP) is 0.887. The summed E-state index contributed by atoms with van der Waals surface area (Å²) in [7, 11) is 2.56. The van der Waals surface area contributed by atoms with Gasteiger partial charge in [0.25, 0.3) is 16.5 Å². The van der Waals surface area contributed by atoms with E-state index in [2.05, 4.69) is 14.9 Å². The first-order chi connectivity index (χ1) is 7.03. The first kappa shape index (κ1) is 12.3. The van der Waals surface area contributed by atoms with Crippen LogP contribution in [0.1, 0.15) is 18.4 Å². The van der Waals surface area contributed by atoms with Gasteiger partial charge in [0, 0.05) is 6.42 Å². The van der Waals surface area contributed by atoms with Crippen LogP contribution in [0.3, 0.4) is 0 Å². The van der Waals surface area contributed by atoms with E-state index in [-0.39, 0.29) is 12.2 Å². The Hall–Kier alpha value is -0.753. The molecule has 0 bridgehead atoms. The fourth-order valence-electron chi connectivity index (χ4n) is 1.27. The molecule has 0 atom stereocenters. The second kappa shape index (κ2) is 5.36. The highest BCUT2D eigenvalue weighted by Gasteiger charge is 2.20. The number of aryl methyl sites for hydroxylation is 1. The first-order valence-electron chi connectivity index (χ1n) is 4.57. The number of benzene rings is 1. The van der Waals surface area contributed by atoms with Gasteiger partial charge in [0.05, 0.1) is 0 Å². The van der Waals surface area contributed by atoms with Gasteiger partial charge < -0.3 is 14.6 Å². The van der Waals surface area contributed by atoms with Gasteiger partial charge in [-0.25, -0.2) is 4.39 Å². The largest absolute Gasteiger partial charge is 0.371 e. The van der Waals surface area contributed by atoms with Crippen molar-refractivity contribution in [2.45, 2.75) is 25.2 Å². The summed E-state index contributed by atoms with van der Waals surface area (Å²) < 4.78 is 17.0. The van der Waals surface area contributed by atoms with Crippen LogP contribution in [0.4, 0.5) is 4.39 Å². The third-order valence-electron chi connectivity index (χ3n) is 2.02. The van der Waals surface area contributed by atoms with Gasteiger partial charge in [0.1, 0.15) is 5.82 Å². The molecular formula is C10H12FO3Si. The van der Waals surface area contributed by atoms with Gasteiger partial charge in [-0.2, -0.15) is 0 Å². The Morgan fingerprint density at radius 3 is 2.73 bits per heavy atom. The molecular weight excluding hydrogens is 215 g/mol. The van der Waals surface area contributed by atoms with Gasteiger partial charge in [-0.1, -0.05) is 12.1 Å². The van der Waals surface area contributed by atoms with Crippen molar-refractivity contribution in [3.8, 4) is 0 Å². The van der Waals surface area contributed by atoms with Gasteiger partial charge in [0.2, 0.25) is 0 Å². The molecule has 2 N–H and O–H groups in total. The number of hydrogen-bond acceptors (Lipinski definition) is 3. The standard InChI is InChI=1S/C10H12FO3Si/c11-9-5-1-3-8(7-9)4-2-6-10(12,13)14-15/h1,3,5,7,12-13H,2,4,6H2. The zero-order chi connectivity index (χ0) is 11.3. The minimum atomic E-state index is -2.16. The Labute approximate surface area is 91.1 Å². The van der Waals surface area contributed by atoms with Crippen LogP contribution in [0.25, 0.3) is 0 Å². The Bertz CT molecular complexity index is 317. The van der Waals surface area contributed by atoms with Crippen molar-refractivity contribution in [2.75, 3.05) is 0 Å². The number of hydrogen-bond donors (Lipinski definition) is 2. The monoisotopic (exact) mass is 227 g/mol. The SMILES string of the molecule is OC(O)(CCCc1cccc(F)c1)O[Si]. The minimum Gasteiger partial charge on any atom is -0.371 e. The smallest absolute Gasteiger partial charge is 0.267 e. The summed E-state index contributed by atoms with van der Waals surface area (Å²) in [5.74, 6) is -2.45. The van der Waals surface area contributed by atoms with Crippen LogP contribution < -0.4 is 0 Å². The van der Waals surface area contributed by atoms with Crippen molar-refractivity contribution in [3.63, 3.8) is 0 Å². The maximum atomic E-state index is 12.8. The molecule has 0 aromatic heterocycles. The second-order valence-corrected chi connectivity index (χ2v) is 3.53. The summed E-state index contributed by atoms with van der Waals surface area (Å²) in [5, 5.41) is 18.1. The van der Waals surface area contributed by atoms with E-state index in [9.17, 15) is 4.39 Å². The van der Waals surface area contributed by atoms with Crippen molar-refractivity contribution in [2.24, 2.45) is 0 Å². The van der Waals surface area contributed by atoms with Gasteiger partial charge in [-0.15, -0.1) is 0 Å². The average molecular weight is 227 g/mol. The molecule has 0 unspecified atom stereocenters. The molecule has 1 aromatic rings. The summed E-state index contributed by atoms with van der Waals surface area (Å²) >= 11 is 0. The van der Waals surface area contributed by atoms with E-state index in [1.807, 2.05) is 0 Å². The van der Waals surface area contributed by atoms with Crippen LogP contribution in [-0.2, 0) is 10.8 Å². The topological polar surface area (TPSA) is 49.7 Å². The summed E-state index contributed by atoms with van der Waals surface area (Å²) in [4.78, 5) is 0. The molecule has 15 heavy (non-hydrogen) atoms. The van der Waals surface area contributed by atoms with E-state index in [1.165, 1.54) is 12.1 Å². The van der Waals surface area contributed by atoms with Gasteiger partial charge in [-0.3, -0.25) is 0 Å². The molecule has 3 radical (unpaired) electrons. The van der Waals surface area contributed by atoms with Crippen LogP contribution in [0.2, 0.25) is 0 Å². The number of rotatable bonds is 5. The molecule has 1 aromatic carbocycles. The summed E-state index contributed by atoms with van der Waals surface area (Å²) in [6, 6.07) is 6.20. The summed E-state index contributed by atoms with van der Waals surface area (Å²) in [6.07, 6.45) is 1.10. The first-order valence-corrected chi connectivity index (χ1v) is 4.98. The quantitative estimate of drug-likeness (QED) is 0.580. The molecule has 3 nitrogen and oxygen atoms in total. The van der Waals surface area contributed by atoms with Crippen LogP contribution in [0, 0.1) is 5.82 Å². The molecule has 0 amide bonds. The average Bonchev–Trinajstić information content (AvgIpc) is 2.18. The van der Waals surface area contributed by atoms with Crippen molar-refractivity contribution in [1.82, 2.24) is 0 Å². The molecule has 0 aliphatic heterocycles. The number of halogens is 1. The molecule has 1 rings (SSSR count). The Kier molecular flexibility index (Phi) is 4.40. The summed E-state index contributed by atoms with van der Waals surface area (Å²) in [5.41, 5.74) is 0.819. The lowest BCUT2D eigenvalue weighted by atomic mass is 10.1.